The zero-order valence-electron chi connectivity index (χ0n) is 25.4. The molecule has 18 nitrogen and oxygen atoms in total. The van der Waals surface area contributed by atoms with E-state index >= 15 is 0 Å². The summed E-state index contributed by atoms with van der Waals surface area (Å²) in [6, 6.07) is 18.4. The average molecular weight is 755 g/mol. The van der Waals surface area contributed by atoms with Crippen molar-refractivity contribution in [3.05, 3.63) is 117 Å². The zero-order valence-corrected chi connectivity index (χ0v) is 27.8. The first kappa shape index (κ1) is 36.3. The minimum Gasteiger partial charge on any atom is -0.594 e. The van der Waals surface area contributed by atoms with Crippen LogP contribution in [0, 0.1) is 15.3 Å². The summed E-state index contributed by atoms with van der Waals surface area (Å²) in [5, 5.41) is 36.6. The highest BCUT2D eigenvalue weighted by molar-refractivity contribution is 7.86. The van der Waals surface area contributed by atoms with E-state index in [-0.39, 0.29) is 54.7 Å². The number of anilines is 1. The van der Waals surface area contributed by atoms with E-state index in [9.17, 15) is 54.2 Å². The van der Waals surface area contributed by atoms with Crippen LogP contribution in [0.15, 0.2) is 121 Å². The van der Waals surface area contributed by atoms with Gasteiger partial charge in [-0.1, -0.05) is 41.3 Å². The van der Waals surface area contributed by atoms with Crippen molar-refractivity contribution in [2.75, 3.05) is 5.73 Å². The van der Waals surface area contributed by atoms with Gasteiger partial charge in [0.25, 0.3) is 36.0 Å². The molecule has 0 aromatic heterocycles. The minimum atomic E-state index is -4.99. The normalized spacial score (nSPS) is 13.0. The van der Waals surface area contributed by atoms with Gasteiger partial charge in [-0.3, -0.25) is 23.8 Å². The molecule has 0 atom stereocenters. The number of non-ortho nitro benzene ring substituents is 1. The topological polar surface area (TPSA) is 295 Å². The summed E-state index contributed by atoms with van der Waals surface area (Å²) in [4.78, 5) is 8.27. The Morgan fingerprint density at radius 3 is 1.71 bits per heavy atom. The number of azo groups is 2. The molecule has 5 rings (SSSR count). The van der Waals surface area contributed by atoms with Gasteiger partial charge in [-0.15, -0.1) is 10.2 Å². The van der Waals surface area contributed by atoms with E-state index in [0.717, 1.165) is 42.5 Å². The van der Waals surface area contributed by atoms with E-state index in [1.807, 2.05) is 0 Å². The van der Waals surface area contributed by atoms with E-state index < -0.39 is 50.8 Å². The number of hydrogen-bond donors (Lipinski definition) is 4. The molecule has 0 fully saturated rings. The summed E-state index contributed by atoms with van der Waals surface area (Å²) in [5.74, 6) is 0. The third kappa shape index (κ3) is 8.26. The van der Waals surface area contributed by atoms with Gasteiger partial charge >= 0.3 is 0 Å². The van der Waals surface area contributed by atoms with Gasteiger partial charge in [0.05, 0.1) is 16.3 Å². The predicted octanol–water partition coefficient (Wildman–Crippen LogP) is 6.58. The quantitative estimate of drug-likeness (QED) is 0.0223. The van der Waals surface area contributed by atoms with Crippen LogP contribution in [0.25, 0.3) is 22.9 Å². The maximum atomic E-state index is 12.9. The standard InChI is InChI=1S/C30H22N6O12S3/c31-25-15-20(11-14-27(25)33-32-26-5-1-4-24-23(26)3-2-6-28(24)49(40,41)42)34-35(37)21-12-9-18(29(16-21)50(43,44)45)7-8-19-10-13-22(36(38)39)17-30(19)51(46,47)48/h1-17H,31H2,(H,40,41,42)(H,43,44,45)(H,46,47,48)/b8-7+,33-32?,35-34?. The van der Waals surface area contributed by atoms with Gasteiger partial charge in [0.15, 0.2) is 0 Å². The summed E-state index contributed by atoms with van der Waals surface area (Å²) in [5.41, 5.74) is 5.02. The van der Waals surface area contributed by atoms with Crippen LogP contribution in [0.1, 0.15) is 11.1 Å². The van der Waals surface area contributed by atoms with Crippen LogP contribution in [0.2, 0.25) is 0 Å². The second-order valence-electron chi connectivity index (χ2n) is 10.4. The van der Waals surface area contributed by atoms with Gasteiger partial charge in [-0.2, -0.15) is 25.3 Å². The molecule has 0 bridgehead atoms. The van der Waals surface area contributed by atoms with Crippen LogP contribution in [-0.2, 0) is 30.4 Å². The molecule has 51 heavy (non-hydrogen) atoms. The van der Waals surface area contributed by atoms with Gasteiger partial charge in [0.1, 0.15) is 26.1 Å². The van der Waals surface area contributed by atoms with Gasteiger partial charge in [0.2, 0.25) is 5.69 Å². The summed E-state index contributed by atoms with van der Waals surface area (Å²) in [6.07, 6.45) is 2.06. The number of nitrogens with zero attached hydrogens (tertiary/aromatic N) is 5. The monoisotopic (exact) mass is 754 g/mol. The Balaban J connectivity index is 1.43. The zero-order chi connectivity index (χ0) is 37.3. The predicted molar refractivity (Wildman–Crippen MR) is 182 cm³/mol. The van der Waals surface area contributed by atoms with Crippen LogP contribution >= 0.6 is 0 Å². The van der Waals surface area contributed by atoms with Crippen molar-refractivity contribution in [3.8, 4) is 0 Å². The first-order valence-electron chi connectivity index (χ1n) is 13.9. The maximum Gasteiger partial charge on any atom is 0.295 e. The summed E-state index contributed by atoms with van der Waals surface area (Å²) >= 11 is 0. The van der Waals surface area contributed by atoms with Crippen LogP contribution in [0.5, 0.6) is 0 Å². The number of hydrogen-bond acceptors (Lipinski definition) is 13. The second kappa shape index (κ2) is 13.7. The molecule has 0 heterocycles. The number of fused-ring (bicyclic) bond motifs is 1. The Bertz CT molecular complexity index is 2680. The van der Waals surface area contributed by atoms with Gasteiger partial charge in [-0.25, -0.2) is 0 Å². The highest BCUT2D eigenvalue weighted by atomic mass is 32.2. The number of nitro benzene ring substituents is 1. The second-order valence-corrected chi connectivity index (χ2v) is 14.6. The Labute approximate surface area is 288 Å². The minimum absolute atomic E-state index is 0.00213. The molecule has 0 aliphatic heterocycles. The fourth-order valence-electron chi connectivity index (χ4n) is 4.72. The van der Waals surface area contributed by atoms with E-state index in [1.165, 1.54) is 42.5 Å². The molecule has 0 unspecified atom stereocenters. The molecule has 0 radical (unpaired) electrons. The number of rotatable bonds is 10. The fourth-order valence-corrected chi connectivity index (χ4v) is 6.84. The van der Waals surface area contributed by atoms with Crippen molar-refractivity contribution in [2.45, 2.75) is 14.7 Å². The number of nitrogens with two attached hydrogens (primary N) is 1. The van der Waals surface area contributed by atoms with Gasteiger partial charge < -0.3 is 10.9 Å². The SMILES string of the molecule is Nc1cc(N=[N+]([O-])c2ccc(/C=C/c3ccc([N+](=O)[O-])cc3S(=O)(=O)O)c(S(=O)(=O)O)c2)ccc1N=Nc1cccc2c(S(=O)(=O)O)cccc12. The van der Waals surface area contributed by atoms with Crippen molar-refractivity contribution < 1.29 is 48.7 Å². The first-order valence-corrected chi connectivity index (χ1v) is 18.2. The maximum absolute atomic E-state index is 12.9. The lowest BCUT2D eigenvalue weighted by atomic mass is 10.1. The Morgan fingerprint density at radius 2 is 1.14 bits per heavy atom. The van der Waals surface area contributed by atoms with E-state index in [2.05, 4.69) is 15.3 Å². The molecule has 262 valence electrons. The van der Waals surface area contributed by atoms with E-state index in [4.69, 9.17) is 5.73 Å². The molecule has 0 amide bonds. The van der Waals surface area contributed by atoms with Crippen LogP contribution < -0.4 is 5.73 Å². The Morgan fingerprint density at radius 1 is 0.608 bits per heavy atom. The van der Waals surface area contributed by atoms with Crippen LogP contribution in [-0.4, -0.2) is 48.7 Å². The Kier molecular flexibility index (Phi) is 9.78. The first-order chi connectivity index (χ1) is 23.8. The van der Waals surface area contributed by atoms with Crippen molar-refractivity contribution in [1.29, 1.82) is 0 Å². The molecule has 0 spiro atoms. The highest BCUT2D eigenvalue weighted by Crippen LogP contribution is 2.34. The fraction of sp³-hybridized carbons (Fsp3) is 0. The lowest BCUT2D eigenvalue weighted by molar-refractivity contribution is -0.435. The van der Waals surface area contributed by atoms with Crippen LogP contribution in [0.3, 0.4) is 0 Å². The molecular formula is C30H22N6O12S3. The number of nitrogen functional groups attached to an aromatic ring is 1. The smallest absolute Gasteiger partial charge is 0.295 e. The molecule has 0 saturated carbocycles. The average Bonchev–Trinajstić information content (AvgIpc) is 3.05. The number of nitro groups is 1. The largest absolute Gasteiger partial charge is 0.594 e. The summed E-state index contributed by atoms with van der Waals surface area (Å²) in [7, 11) is -14.4. The number of benzene rings is 5. The van der Waals surface area contributed by atoms with Crippen molar-refractivity contribution in [2.24, 2.45) is 15.3 Å². The van der Waals surface area contributed by atoms with Gasteiger partial charge in [-0.05, 0) is 53.6 Å². The molecule has 5 N–H and O–H groups in total. The summed E-state index contributed by atoms with van der Waals surface area (Å²) < 4.78 is 101. The molecule has 21 heteroatoms. The molecule has 0 aliphatic carbocycles. The van der Waals surface area contributed by atoms with Crippen molar-refractivity contribution in [1.82, 2.24) is 0 Å². The molecule has 5 aromatic rings. The van der Waals surface area contributed by atoms with Gasteiger partial charge in [0, 0.05) is 40.2 Å². The third-order valence-corrected chi connectivity index (χ3v) is 9.77. The molecule has 0 aliphatic rings. The third-order valence-electron chi connectivity index (χ3n) is 7.04. The Hall–Kier alpha value is -5.97. The van der Waals surface area contributed by atoms with E-state index in [0.29, 0.717) is 11.5 Å². The molecule has 0 saturated heterocycles. The summed E-state index contributed by atoms with van der Waals surface area (Å²) in [6.45, 7) is 0. The van der Waals surface area contributed by atoms with E-state index in [1.54, 1.807) is 12.1 Å². The van der Waals surface area contributed by atoms with Crippen molar-refractivity contribution in [3.63, 3.8) is 0 Å². The van der Waals surface area contributed by atoms with Crippen molar-refractivity contribution >= 4 is 87.4 Å². The molecule has 5 aromatic carbocycles. The van der Waals surface area contributed by atoms with Crippen LogP contribution in [0.4, 0.5) is 34.1 Å². The highest BCUT2D eigenvalue weighted by Gasteiger charge is 2.21. The molecular weight excluding hydrogens is 733 g/mol. The lowest BCUT2D eigenvalue weighted by Gasteiger charge is -2.07. The lowest BCUT2D eigenvalue weighted by Crippen LogP contribution is -2.03.